The average molecular weight is 190 g/mol. The van der Waals surface area contributed by atoms with E-state index in [1.54, 1.807) is 13.8 Å². The van der Waals surface area contributed by atoms with Crippen molar-refractivity contribution in [2.75, 3.05) is 6.61 Å². The fourth-order valence-electron chi connectivity index (χ4n) is 0.911. The first-order chi connectivity index (χ1) is 5.87. The van der Waals surface area contributed by atoms with Crippen molar-refractivity contribution in [3.05, 3.63) is 0 Å². The highest BCUT2D eigenvalue weighted by Gasteiger charge is 2.22. The molecule has 0 aliphatic rings. The molecule has 0 unspecified atom stereocenters. The smallest absolute Gasteiger partial charge is 0.308 e. The zero-order valence-corrected chi connectivity index (χ0v) is 8.41. The summed E-state index contributed by atoms with van der Waals surface area (Å²) in [6.45, 7) is 4.96. The van der Waals surface area contributed by atoms with Crippen LogP contribution >= 0.6 is 0 Å². The molecule has 0 aromatic heterocycles. The van der Waals surface area contributed by atoms with E-state index >= 15 is 0 Å². The van der Waals surface area contributed by atoms with Gasteiger partial charge in [-0.3, -0.25) is 4.79 Å². The van der Waals surface area contributed by atoms with Crippen LogP contribution in [0.3, 0.4) is 0 Å². The summed E-state index contributed by atoms with van der Waals surface area (Å²) in [6, 6.07) is 0. The quantitative estimate of drug-likeness (QED) is 0.618. The van der Waals surface area contributed by atoms with Crippen LogP contribution in [0.15, 0.2) is 0 Å². The SMILES string of the molecule is C[C@H](O)CC(=O)OC(C)(C)CCO. The van der Waals surface area contributed by atoms with Gasteiger partial charge in [-0.05, 0) is 20.8 Å². The van der Waals surface area contributed by atoms with Crippen LogP contribution in [0.5, 0.6) is 0 Å². The van der Waals surface area contributed by atoms with Crippen molar-refractivity contribution in [1.82, 2.24) is 0 Å². The number of carbonyl (C=O) groups excluding carboxylic acids is 1. The number of aliphatic hydroxyl groups is 2. The molecule has 0 radical (unpaired) electrons. The third kappa shape index (κ3) is 6.54. The summed E-state index contributed by atoms with van der Waals surface area (Å²) in [4.78, 5) is 11.1. The van der Waals surface area contributed by atoms with Gasteiger partial charge in [0.2, 0.25) is 0 Å². The molecule has 0 amide bonds. The van der Waals surface area contributed by atoms with E-state index in [1.807, 2.05) is 0 Å². The molecular weight excluding hydrogens is 172 g/mol. The van der Waals surface area contributed by atoms with E-state index in [2.05, 4.69) is 0 Å². The van der Waals surface area contributed by atoms with Crippen LogP contribution in [0.25, 0.3) is 0 Å². The minimum absolute atomic E-state index is 0.00510. The summed E-state index contributed by atoms with van der Waals surface area (Å²) in [5, 5.41) is 17.6. The van der Waals surface area contributed by atoms with Crippen molar-refractivity contribution in [1.29, 1.82) is 0 Å². The topological polar surface area (TPSA) is 66.8 Å². The lowest BCUT2D eigenvalue weighted by Gasteiger charge is -2.24. The Balaban J connectivity index is 3.89. The van der Waals surface area contributed by atoms with E-state index in [1.165, 1.54) is 6.92 Å². The number of esters is 1. The number of aliphatic hydroxyl groups excluding tert-OH is 2. The Kier molecular flexibility index (Phi) is 4.95. The molecule has 13 heavy (non-hydrogen) atoms. The second kappa shape index (κ2) is 5.19. The summed E-state index contributed by atoms with van der Waals surface area (Å²) in [6.07, 6.45) is -0.287. The van der Waals surface area contributed by atoms with E-state index in [0.717, 1.165) is 0 Å². The van der Waals surface area contributed by atoms with Gasteiger partial charge in [0.1, 0.15) is 5.60 Å². The van der Waals surface area contributed by atoms with Crippen molar-refractivity contribution < 1.29 is 19.7 Å². The van der Waals surface area contributed by atoms with Crippen molar-refractivity contribution in [3.63, 3.8) is 0 Å². The second-order valence-corrected chi connectivity index (χ2v) is 3.76. The standard InChI is InChI=1S/C9H18O4/c1-7(11)6-8(12)13-9(2,3)4-5-10/h7,10-11H,4-6H2,1-3H3/t7-/m0/s1. The van der Waals surface area contributed by atoms with Gasteiger partial charge in [0.15, 0.2) is 0 Å². The molecule has 0 aliphatic carbocycles. The molecule has 0 aliphatic heterocycles. The van der Waals surface area contributed by atoms with E-state index in [9.17, 15) is 4.79 Å². The molecule has 1 atom stereocenters. The van der Waals surface area contributed by atoms with Crippen LogP contribution in [0.4, 0.5) is 0 Å². The minimum Gasteiger partial charge on any atom is -0.459 e. The maximum Gasteiger partial charge on any atom is 0.308 e. The molecule has 0 fully saturated rings. The van der Waals surface area contributed by atoms with Gasteiger partial charge in [0.25, 0.3) is 0 Å². The first-order valence-corrected chi connectivity index (χ1v) is 4.38. The maximum atomic E-state index is 11.1. The first kappa shape index (κ1) is 12.4. The van der Waals surface area contributed by atoms with Crippen LogP contribution < -0.4 is 0 Å². The zero-order valence-electron chi connectivity index (χ0n) is 8.41. The number of ether oxygens (including phenoxy) is 1. The summed E-state index contributed by atoms with van der Waals surface area (Å²) in [7, 11) is 0. The second-order valence-electron chi connectivity index (χ2n) is 3.76. The lowest BCUT2D eigenvalue weighted by atomic mass is 10.1. The number of rotatable bonds is 5. The summed E-state index contributed by atoms with van der Waals surface area (Å²) < 4.78 is 5.03. The van der Waals surface area contributed by atoms with Crippen molar-refractivity contribution in [2.45, 2.75) is 45.3 Å². The van der Waals surface area contributed by atoms with Crippen molar-refractivity contribution in [3.8, 4) is 0 Å². The fourth-order valence-corrected chi connectivity index (χ4v) is 0.911. The van der Waals surface area contributed by atoms with E-state index in [0.29, 0.717) is 6.42 Å². The summed E-state index contributed by atoms with van der Waals surface area (Å²) >= 11 is 0. The van der Waals surface area contributed by atoms with Crippen LogP contribution in [-0.4, -0.2) is 34.5 Å². The van der Waals surface area contributed by atoms with Gasteiger partial charge in [0.05, 0.1) is 12.5 Å². The molecule has 0 aromatic carbocycles. The Morgan fingerprint density at radius 1 is 1.54 bits per heavy atom. The predicted molar refractivity (Wildman–Crippen MR) is 48.2 cm³/mol. The van der Waals surface area contributed by atoms with Crippen LogP contribution in [0.1, 0.15) is 33.6 Å². The predicted octanol–water partition coefficient (Wildman–Crippen LogP) is 0.461. The van der Waals surface area contributed by atoms with Crippen LogP contribution in [0.2, 0.25) is 0 Å². The zero-order chi connectivity index (χ0) is 10.5. The fraction of sp³-hybridized carbons (Fsp3) is 0.889. The third-order valence-electron chi connectivity index (χ3n) is 1.57. The monoisotopic (exact) mass is 190 g/mol. The summed E-state index contributed by atoms with van der Waals surface area (Å²) in [5.41, 5.74) is -0.652. The lowest BCUT2D eigenvalue weighted by molar-refractivity contribution is -0.159. The molecule has 0 spiro atoms. The Bertz CT molecular complexity index is 163. The van der Waals surface area contributed by atoms with Crippen LogP contribution in [0, 0.1) is 0 Å². The van der Waals surface area contributed by atoms with Gasteiger partial charge in [-0.25, -0.2) is 0 Å². The van der Waals surface area contributed by atoms with Crippen LogP contribution in [-0.2, 0) is 9.53 Å². The summed E-state index contributed by atoms with van der Waals surface area (Å²) in [5.74, 6) is -0.437. The highest BCUT2D eigenvalue weighted by Crippen LogP contribution is 2.14. The largest absolute Gasteiger partial charge is 0.459 e. The van der Waals surface area contributed by atoms with Gasteiger partial charge < -0.3 is 14.9 Å². The van der Waals surface area contributed by atoms with Gasteiger partial charge in [-0.2, -0.15) is 0 Å². The maximum absolute atomic E-state index is 11.1. The van der Waals surface area contributed by atoms with Gasteiger partial charge >= 0.3 is 5.97 Å². The lowest BCUT2D eigenvalue weighted by Crippen LogP contribution is -2.30. The Labute approximate surface area is 78.5 Å². The van der Waals surface area contributed by atoms with Crippen molar-refractivity contribution >= 4 is 5.97 Å². The average Bonchev–Trinajstić information content (AvgIpc) is 1.81. The normalized spacial score (nSPS) is 13.9. The van der Waals surface area contributed by atoms with E-state index in [4.69, 9.17) is 14.9 Å². The third-order valence-corrected chi connectivity index (χ3v) is 1.57. The molecule has 4 nitrogen and oxygen atoms in total. The first-order valence-electron chi connectivity index (χ1n) is 4.38. The molecule has 0 aromatic rings. The van der Waals surface area contributed by atoms with Crippen molar-refractivity contribution in [2.24, 2.45) is 0 Å². The molecule has 0 heterocycles. The molecule has 0 bridgehead atoms. The number of hydrogen-bond acceptors (Lipinski definition) is 4. The minimum atomic E-state index is -0.683. The van der Waals surface area contributed by atoms with Gasteiger partial charge in [0, 0.05) is 13.0 Å². The molecule has 0 saturated carbocycles. The molecule has 78 valence electrons. The highest BCUT2D eigenvalue weighted by atomic mass is 16.6. The highest BCUT2D eigenvalue weighted by molar-refractivity contribution is 5.70. The van der Waals surface area contributed by atoms with Gasteiger partial charge in [-0.15, -0.1) is 0 Å². The Morgan fingerprint density at radius 2 is 2.08 bits per heavy atom. The molecule has 4 heteroatoms. The molecule has 2 N–H and O–H groups in total. The van der Waals surface area contributed by atoms with E-state index in [-0.39, 0.29) is 13.0 Å². The Morgan fingerprint density at radius 3 is 2.46 bits per heavy atom. The Hall–Kier alpha value is -0.610. The number of hydrogen-bond donors (Lipinski definition) is 2. The molecule has 0 rings (SSSR count). The van der Waals surface area contributed by atoms with Gasteiger partial charge in [-0.1, -0.05) is 0 Å². The molecular formula is C9H18O4. The number of carbonyl (C=O) groups is 1. The molecule has 0 saturated heterocycles. The van der Waals surface area contributed by atoms with E-state index < -0.39 is 17.7 Å².